The van der Waals surface area contributed by atoms with E-state index in [0.29, 0.717) is 11.5 Å². The molecule has 1 aromatic heterocycles. The lowest BCUT2D eigenvalue weighted by Crippen LogP contribution is -2.21. The van der Waals surface area contributed by atoms with Crippen molar-refractivity contribution in [2.45, 2.75) is 51.6 Å². The maximum absolute atomic E-state index is 9.98. The molecule has 162 valence electrons. The number of benzene rings is 2. The Kier molecular flexibility index (Phi) is 5.10. The van der Waals surface area contributed by atoms with Crippen LogP contribution in [-0.2, 0) is 0 Å². The molecule has 2 heterocycles. The quantitative estimate of drug-likeness (QED) is 0.595. The van der Waals surface area contributed by atoms with E-state index in [9.17, 15) is 5.26 Å². The Bertz CT molecular complexity index is 1240. The molecule has 3 N–H and O–H groups in total. The number of ether oxygens (including phenoxy) is 2. The number of aromatic amines is 1. The number of aryl methyl sites for hydroxylation is 2. The van der Waals surface area contributed by atoms with Gasteiger partial charge in [0, 0.05) is 5.56 Å². The molecule has 2 aliphatic rings. The van der Waals surface area contributed by atoms with E-state index in [1.54, 1.807) is 0 Å². The molecule has 0 amide bonds. The summed E-state index contributed by atoms with van der Waals surface area (Å²) < 4.78 is 12.0. The van der Waals surface area contributed by atoms with Crippen molar-refractivity contribution in [3.63, 3.8) is 0 Å². The Morgan fingerprint density at radius 2 is 1.97 bits per heavy atom. The lowest BCUT2D eigenvalue weighted by Gasteiger charge is -2.25. The first kappa shape index (κ1) is 20.2. The minimum Gasteiger partial charge on any atom is -0.490 e. The number of nitrogens with one attached hydrogen (secondary N) is 1. The number of fused-ring (bicyclic) bond motifs is 1. The van der Waals surface area contributed by atoms with E-state index in [4.69, 9.17) is 15.2 Å². The highest BCUT2D eigenvalue weighted by Gasteiger charge is 2.36. The van der Waals surface area contributed by atoms with Crippen molar-refractivity contribution in [2.24, 2.45) is 5.73 Å². The molecule has 32 heavy (non-hydrogen) atoms. The Labute approximate surface area is 187 Å². The SMILES string of the molecule is Cc1ccc(-c2[nH]nc3c2[C@@H](c2cccc(OC4CCCC4)c2)C(C#N)=C(N)O3)c(C)c1. The predicted octanol–water partition coefficient (Wildman–Crippen LogP) is 5.23. The van der Waals surface area contributed by atoms with Gasteiger partial charge in [0.1, 0.15) is 17.4 Å². The predicted molar refractivity (Wildman–Crippen MR) is 122 cm³/mol. The van der Waals surface area contributed by atoms with Gasteiger partial charge in [0.15, 0.2) is 0 Å². The summed E-state index contributed by atoms with van der Waals surface area (Å²) in [4.78, 5) is 0. The fourth-order valence-corrected chi connectivity index (χ4v) is 4.84. The Hall–Kier alpha value is -3.72. The number of H-pyrrole nitrogens is 1. The molecule has 1 aliphatic heterocycles. The standard InChI is InChI=1S/C26H26N4O2/c1-15-10-11-20(16(2)12-15)24-23-22(21(14-27)25(28)32-26(23)30-29-24)17-6-5-9-19(13-17)31-18-7-3-4-8-18/h5-6,9-13,18,22H,3-4,7-8,28H2,1-2H3,(H,29,30)/t22-/m0/s1. The van der Waals surface area contributed by atoms with Crippen molar-refractivity contribution in [1.29, 1.82) is 5.26 Å². The summed E-state index contributed by atoms with van der Waals surface area (Å²) in [6, 6.07) is 16.5. The zero-order valence-corrected chi connectivity index (χ0v) is 18.3. The Balaban J connectivity index is 1.63. The molecule has 0 spiro atoms. The minimum atomic E-state index is -0.398. The van der Waals surface area contributed by atoms with Crippen LogP contribution in [0.25, 0.3) is 11.3 Å². The minimum absolute atomic E-state index is 0.0887. The molecule has 6 heteroatoms. The Morgan fingerprint density at radius 3 is 2.72 bits per heavy atom. The molecule has 1 aliphatic carbocycles. The number of aromatic nitrogens is 2. The maximum Gasteiger partial charge on any atom is 0.244 e. The molecule has 0 unspecified atom stereocenters. The summed E-state index contributed by atoms with van der Waals surface area (Å²) in [6.45, 7) is 4.14. The summed E-state index contributed by atoms with van der Waals surface area (Å²) in [5.41, 5.74) is 12.4. The summed E-state index contributed by atoms with van der Waals surface area (Å²) in [5, 5.41) is 17.5. The molecule has 3 aromatic rings. The van der Waals surface area contributed by atoms with Gasteiger partial charge >= 0.3 is 0 Å². The fraction of sp³-hybridized carbons (Fsp3) is 0.308. The van der Waals surface area contributed by atoms with E-state index in [1.165, 1.54) is 18.4 Å². The van der Waals surface area contributed by atoms with Gasteiger partial charge in [-0.15, -0.1) is 5.10 Å². The lowest BCUT2D eigenvalue weighted by molar-refractivity contribution is 0.210. The number of nitrogens with two attached hydrogens (primary N) is 1. The number of nitrogens with zero attached hydrogens (tertiary/aromatic N) is 2. The van der Waals surface area contributed by atoms with Gasteiger partial charge in [-0.2, -0.15) is 5.26 Å². The zero-order valence-electron chi connectivity index (χ0n) is 18.3. The topological polar surface area (TPSA) is 97.0 Å². The van der Waals surface area contributed by atoms with Crippen molar-refractivity contribution < 1.29 is 9.47 Å². The van der Waals surface area contributed by atoms with E-state index in [2.05, 4.69) is 48.3 Å². The maximum atomic E-state index is 9.98. The van der Waals surface area contributed by atoms with Crippen LogP contribution in [-0.4, -0.2) is 16.3 Å². The van der Waals surface area contributed by atoms with Gasteiger partial charge in [0.2, 0.25) is 11.8 Å². The summed E-state index contributed by atoms with van der Waals surface area (Å²) >= 11 is 0. The highest BCUT2D eigenvalue weighted by Crippen LogP contribution is 2.46. The molecule has 0 radical (unpaired) electrons. The smallest absolute Gasteiger partial charge is 0.244 e. The third-order valence-corrected chi connectivity index (χ3v) is 6.39. The van der Waals surface area contributed by atoms with E-state index in [1.807, 2.05) is 24.3 Å². The third kappa shape index (κ3) is 3.50. The fourth-order valence-electron chi connectivity index (χ4n) is 4.84. The van der Waals surface area contributed by atoms with Crippen LogP contribution in [0.2, 0.25) is 0 Å². The van der Waals surface area contributed by atoms with Crippen molar-refractivity contribution in [3.8, 4) is 29.0 Å². The number of hydrogen-bond donors (Lipinski definition) is 2. The van der Waals surface area contributed by atoms with E-state index in [0.717, 1.165) is 46.5 Å². The molecule has 1 fully saturated rings. The molecule has 0 bridgehead atoms. The lowest BCUT2D eigenvalue weighted by atomic mass is 9.82. The van der Waals surface area contributed by atoms with Crippen LogP contribution in [0, 0.1) is 25.2 Å². The first-order valence-electron chi connectivity index (χ1n) is 11.0. The molecule has 0 saturated heterocycles. The molecule has 6 nitrogen and oxygen atoms in total. The van der Waals surface area contributed by atoms with Gasteiger partial charge in [-0.25, -0.2) is 0 Å². The van der Waals surface area contributed by atoms with Gasteiger partial charge in [-0.05, 0) is 62.8 Å². The summed E-state index contributed by atoms with van der Waals surface area (Å²) in [5.74, 6) is 0.912. The van der Waals surface area contributed by atoms with Crippen molar-refractivity contribution in [1.82, 2.24) is 10.2 Å². The number of nitriles is 1. The average Bonchev–Trinajstić information content (AvgIpc) is 3.43. The molecule has 2 aromatic carbocycles. The highest BCUT2D eigenvalue weighted by molar-refractivity contribution is 5.73. The van der Waals surface area contributed by atoms with Gasteiger partial charge in [0.25, 0.3) is 0 Å². The van der Waals surface area contributed by atoms with Crippen LogP contribution < -0.4 is 15.2 Å². The molecule has 1 atom stereocenters. The van der Waals surface area contributed by atoms with Crippen molar-refractivity contribution in [3.05, 3.63) is 76.2 Å². The second-order valence-electron chi connectivity index (χ2n) is 8.66. The van der Waals surface area contributed by atoms with Gasteiger partial charge in [0.05, 0.1) is 23.3 Å². The second kappa shape index (κ2) is 8.08. The second-order valence-corrected chi connectivity index (χ2v) is 8.66. The molecular formula is C26H26N4O2. The Morgan fingerprint density at radius 1 is 1.16 bits per heavy atom. The van der Waals surface area contributed by atoms with E-state index >= 15 is 0 Å². The molecular weight excluding hydrogens is 400 g/mol. The number of allylic oxidation sites excluding steroid dienone is 1. The van der Waals surface area contributed by atoms with Crippen LogP contribution in [0.1, 0.15) is 53.9 Å². The average molecular weight is 427 g/mol. The largest absolute Gasteiger partial charge is 0.490 e. The van der Waals surface area contributed by atoms with Crippen molar-refractivity contribution >= 4 is 0 Å². The third-order valence-electron chi connectivity index (χ3n) is 6.39. The number of rotatable bonds is 4. The van der Waals surface area contributed by atoms with E-state index in [-0.39, 0.29) is 12.0 Å². The van der Waals surface area contributed by atoms with Crippen LogP contribution in [0.4, 0.5) is 0 Å². The number of hydrogen-bond acceptors (Lipinski definition) is 5. The van der Waals surface area contributed by atoms with Crippen LogP contribution in [0.3, 0.4) is 0 Å². The van der Waals surface area contributed by atoms with Gasteiger partial charge in [-0.1, -0.05) is 35.9 Å². The van der Waals surface area contributed by atoms with E-state index < -0.39 is 5.92 Å². The van der Waals surface area contributed by atoms with Gasteiger partial charge < -0.3 is 15.2 Å². The molecule has 1 saturated carbocycles. The van der Waals surface area contributed by atoms with Crippen LogP contribution in [0.5, 0.6) is 11.6 Å². The van der Waals surface area contributed by atoms with Crippen molar-refractivity contribution in [2.75, 3.05) is 0 Å². The van der Waals surface area contributed by atoms with Gasteiger partial charge in [-0.3, -0.25) is 5.10 Å². The molecule has 5 rings (SSSR count). The summed E-state index contributed by atoms with van der Waals surface area (Å²) in [7, 11) is 0. The highest BCUT2D eigenvalue weighted by atomic mass is 16.5. The first-order valence-corrected chi connectivity index (χ1v) is 11.0. The monoisotopic (exact) mass is 426 g/mol. The normalized spacial score (nSPS) is 18.2. The van der Waals surface area contributed by atoms with Crippen LogP contribution in [0.15, 0.2) is 53.9 Å². The first-order chi connectivity index (χ1) is 15.5. The zero-order chi connectivity index (χ0) is 22.2. The summed E-state index contributed by atoms with van der Waals surface area (Å²) in [6.07, 6.45) is 4.84. The van der Waals surface area contributed by atoms with Crippen LogP contribution >= 0.6 is 0 Å².